The summed E-state index contributed by atoms with van der Waals surface area (Å²) in [6.07, 6.45) is 13.0. The molecule has 0 aromatic heterocycles. The van der Waals surface area contributed by atoms with Gasteiger partial charge in [0.2, 0.25) is 10.0 Å². The highest BCUT2D eigenvalue weighted by Crippen LogP contribution is 2.50. The topological polar surface area (TPSA) is 84.9 Å². The Morgan fingerprint density at radius 1 is 1.17 bits per heavy atom. The summed E-state index contributed by atoms with van der Waals surface area (Å²) < 4.78 is 42.4. The highest BCUT2D eigenvalue weighted by Gasteiger charge is 2.48. The van der Waals surface area contributed by atoms with Crippen LogP contribution in [0.5, 0.6) is 5.75 Å². The van der Waals surface area contributed by atoms with Gasteiger partial charge in [-0.3, -0.25) is 4.79 Å². The molecule has 2 heterocycles. The van der Waals surface area contributed by atoms with E-state index in [1.807, 2.05) is 32.2 Å². The standard InChI is InChI=1S/C38H49ClN2O5S/c1-25(2)16-19-38(45-5)18-6-8-26(3)27(4)47(43,44)40-36(42)29-11-15-35-34(21-29)41(22-30-10-13-33(30)38)23-37(24-46-35)17-7-9-28-20-31(39)12-14-32(28)37/h6,11-12,14-16,18,20-21,26-27,30,33H,7-10,13,17,19,22-24H2,1-5H3,(H,40,42)/b18-6-/t26-,27+,30-,33+,37-,38+/m0/s1. The van der Waals surface area contributed by atoms with Crippen molar-refractivity contribution in [3.05, 3.63) is 81.9 Å². The minimum atomic E-state index is -3.93. The lowest BCUT2D eigenvalue weighted by molar-refractivity contribution is -0.0730. The first-order valence-corrected chi connectivity index (χ1v) is 19.0. The average Bonchev–Trinajstić information content (AvgIpc) is 3.17. The van der Waals surface area contributed by atoms with Crippen LogP contribution in [0.15, 0.2) is 60.2 Å². The van der Waals surface area contributed by atoms with Gasteiger partial charge in [0.05, 0.1) is 23.1 Å². The van der Waals surface area contributed by atoms with Crippen LogP contribution in [0.1, 0.15) is 87.7 Å². The number of aryl methyl sites for hydroxylation is 1. The van der Waals surface area contributed by atoms with E-state index in [9.17, 15) is 13.2 Å². The summed E-state index contributed by atoms with van der Waals surface area (Å²) in [5, 5.41) is -0.0221. The summed E-state index contributed by atoms with van der Waals surface area (Å²) in [7, 11) is -2.12. The second-order valence-electron chi connectivity index (χ2n) is 14.7. The highest BCUT2D eigenvalue weighted by molar-refractivity contribution is 7.90. The van der Waals surface area contributed by atoms with Crippen LogP contribution in [0.4, 0.5) is 5.69 Å². The van der Waals surface area contributed by atoms with Gasteiger partial charge in [-0.1, -0.05) is 48.4 Å². The second-order valence-corrected chi connectivity index (χ2v) is 17.1. The number of hydrogen-bond donors (Lipinski definition) is 1. The molecular weight excluding hydrogens is 632 g/mol. The van der Waals surface area contributed by atoms with Crippen LogP contribution in [0.25, 0.3) is 0 Å². The van der Waals surface area contributed by atoms with E-state index in [4.69, 9.17) is 21.1 Å². The van der Waals surface area contributed by atoms with Gasteiger partial charge in [-0.15, -0.1) is 0 Å². The number of carbonyl (C=O) groups is 1. The van der Waals surface area contributed by atoms with Gasteiger partial charge in [-0.25, -0.2) is 13.1 Å². The molecule has 2 aromatic rings. The van der Waals surface area contributed by atoms with Gasteiger partial charge in [0.1, 0.15) is 5.75 Å². The Morgan fingerprint density at radius 3 is 2.70 bits per heavy atom. The number of halogens is 1. The molecule has 47 heavy (non-hydrogen) atoms. The summed E-state index contributed by atoms with van der Waals surface area (Å²) in [6, 6.07) is 11.6. The number of nitrogens with one attached hydrogen (secondary N) is 1. The molecule has 2 aliphatic heterocycles. The van der Waals surface area contributed by atoms with Crippen LogP contribution in [0, 0.1) is 17.8 Å². The van der Waals surface area contributed by atoms with Crippen molar-refractivity contribution in [3.8, 4) is 5.75 Å². The Balaban J connectivity index is 1.47. The quantitative estimate of drug-likeness (QED) is 0.336. The Morgan fingerprint density at radius 2 is 1.98 bits per heavy atom. The van der Waals surface area contributed by atoms with Crippen molar-refractivity contribution in [1.82, 2.24) is 4.72 Å². The molecule has 2 bridgehead atoms. The number of ether oxygens (including phenoxy) is 2. The second kappa shape index (κ2) is 13.2. The summed E-state index contributed by atoms with van der Waals surface area (Å²) >= 11 is 6.46. The van der Waals surface area contributed by atoms with Gasteiger partial charge < -0.3 is 14.4 Å². The number of methoxy groups -OCH3 is 1. The summed E-state index contributed by atoms with van der Waals surface area (Å²) in [6.45, 7) is 9.83. The third-order valence-electron chi connectivity index (χ3n) is 11.4. The predicted octanol–water partition coefficient (Wildman–Crippen LogP) is 7.62. The molecule has 254 valence electrons. The highest BCUT2D eigenvalue weighted by atomic mass is 35.5. The Hall–Kier alpha value is -2.81. The van der Waals surface area contributed by atoms with Gasteiger partial charge in [0.15, 0.2) is 0 Å². The molecule has 0 saturated heterocycles. The zero-order valence-electron chi connectivity index (χ0n) is 28.4. The summed E-state index contributed by atoms with van der Waals surface area (Å²) in [4.78, 5) is 15.9. The minimum absolute atomic E-state index is 0.208. The van der Waals surface area contributed by atoms with Crippen LogP contribution >= 0.6 is 11.6 Å². The number of anilines is 1. The number of benzene rings is 2. The lowest BCUT2D eigenvalue weighted by Crippen LogP contribution is -2.53. The Bertz CT molecular complexity index is 1680. The molecule has 7 nitrogen and oxygen atoms in total. The van der Waals surface area contributed by atoms with Crippen molar-refractivity contribution in [2.24, 2.45) is 17.8 Å². The summed E-state index contributed by atoms with van der Waals surface area (Å²) in [5.74, 6) is 0.510. The van der Waals surface area contributed by atoms with Crippen molar-refractivity contribution in [2.45, 2.75) is 88.9 Å². The van der Waals surface area contributed by atoms with E-state index >= 15 is 0 Å². The van der Waals surface area contributed by atoms with Crippen LogP contribution in [-0.4, -0.2) is 52.0 Å². The fourth-order valence-corrected chi connectivity index (χ4v) is 9.72. The largest absolute Gasteiger partial charge is 0.490 e. The Kier molecular flexibility index (Phi) is 9.60. The van der Waals surface area contributed by atoms with E-state index in [1.165, 1.54) is 16.7 Å². The van der Waals surface area contributed by atoms with Crippen LogP contribution in [0.3, 0.4) is 0 Å². The maximum Gasteiger partial charge on any atom is 0.264 e. The third kappa shape index (κ3) is 6.62. The molecule has 2 aromatic carbocycles. The van der Waals surface area contributed by atoms with Gasteiger partial charge in [0, 0.05) is 36.2 Å². The molecule has 1 saturated carbocycles. The number of carbonyl (C=O) groups excluding carboxylic acids is 1. The molecule has 9 heteroatoms. The lowest BCUT2D eigenvalue weighted by atomic mass is 9.62. The smallest absolute Gasteiger partial charge is 0.264 e. The van der Waals surface area contributed by atoms with Gasteiger partial charge in [0.25, 0.3) is 5.91 Å². The van der Waals surface area contributed by atoms with Crippen LogP contribution in [0.2, 0.25) is 5.02 Å². The lowest BCUT2D eigenvalue weighted by Gasteiger charge is -2.50. The van der Waals surface area contributed by atoms with Crippen molar-refractivity contribution < 1.29 is 22.7 Å². The number of fused-ring (bicyclic) bond motifs is 4. The molecule has 6 atom stereocenters. The third-order valence-corrected chi connectivity index (χ3v) is 13.6. The fraction of sp³-hybridized carbons (Fsp3) is 0.553. The van der Waals surface area contributed by atoms with Crippen molar-refractivity contribution in [1.29, 1.82) is 0 Å². The zero-order chi connectivity index (χ0) is 33.6. The molecule has 1 amide bonds. The van der Waals surface area contributed by atoms with Gasteiger partial charge in [-0.05, 0) is 125 Å². The molecular formula is C38H49ClN2O5S. The number of rotatable bonds is 3. The maximum absolute atomic E-state index is 13.5. The van der Waals surface area contributed by atoms with E-state index in [-0.39, 0.29) is 17.3 Å². The van der Waals surface area contributed by atoms with Gasteiger partial charge >= 0.3 is 0 Å². The molecule has 0 radical (unpaired) electrons. The van der Waals surface area contributed by atoms with E-state index in [2.05, 4.69) is 53.8 Å². The number of sulfonamides is 1. The number of amides is 1. The van der Waals surface area contributed by atoms with Crippen molar-refractivity contribution >= 4 is 33.2 Å². The van der Waals surface area contributed by atoms with Crippen molar-refractivity contribution in [3.63, 3.8) is 0 Å². The van der Waals surface area contributed by atoms with Crippen LogP contribution < -0.4 is 14.4 Å². The fourth-order valence-electron chi connectivity index (χ4n) is 8.24. The van der Waals surface area contributed by atoms with E-state index in [0.29, 0.717) is 30.3 Å². The van der Waals surface area contributed by atoms with Crippen LogP contribution in [-0.2, 0) is 26.6 Å². The van der Waals surface area contributed by atoms with Gasteiger partial charge in [-0.2, -0.15) is 0 Å². The zero-order valence-corrected chi connectivity index (χ0v) is 29.9. The number of hydrogen-bond acceptors (Lipinski definition) is 6. The molecule has 0 unspecified atom stereocenters. The first-order chi connectivity index (χ1) is 22.4. The van der Waals surface area contributed by atoms with Crippen molar-refractivity contribution in [2.75, 3.05) is 31.7 Å². The minimum Gasteiger partial charge on any atom is -0.490 e. The molecule has 1 fully saturated rings. The molecule has 6 rings (SSSR count). The molecule has 4 aliphatic rings. The number of allylic oxidation sites excluding steroid dienone is 2. The average molecular weight is 681 g/mol. The van der Waals surface area contributed by atoms with E-state index < -0.39 is 26.8 Å². The summed E-state index contributed by atoms with van der Waals surface area (Å²) in [5.41, 5.74) is 4.16. The first-order valence-electron chi connectivity index (χ1n) is 17.1. The molecule has 1 spiro atoms. The maximum atomic E-state index is 13.5. The SMILES string of the molecule is CO[C@@]1(CC=C(C)C)/C=C\C[C@H](C)[C@@H](C)S(=O)(=O)NC(=O)c2ccc3c(c2)N(C[C@@H]2CC[C@H]21)C[C@@]1(CCCc2cc(Cl)ccc21)CO3. The monoisotopic (exact) mass is 680 g/mol. The number of nitrogens with zero attached hydrogens (tertiary/aromatic N) is 1. The predicted molar refractivity (Wildman–Crippen MR) is 189 cm³/mol. The normalized spacial score (nSPS) is 32.5. The Labute approximate surface area is 285 Å². The molecule has 2 aliphatic carbocycles. The van der Waals surface area contributed by atoms with E-state index in [1.54, 1.807) is 13.0 Å². The van der Waals surface area contributed by atoms with E-state index in [0.717, 1.165) is 62.3 Å². The molecule has 1 N–H and O–H groups in total. The first kappa shape index (κ1) is 34.1.